The fraction of sp³-hybridized carbons (Fsp3) is 0.286. The minimum Gasteiger partial charge on any atom is -0.480 e. The van der Waals surface area contributed by atoms with Gasteiger partial charge in [-0.05, 0) is 30.2 Å². The van der Waals surface area contributed by atoms with Crippen molar-refractivity contribution in [2.24, 2.45) is 0 Å². The van der Waals surface area contributed by atoms with Crippen LogP contribution < -0.4 is 14.5 Å². The molecule has 3 heterocycles. The molecule has 0 saturated carbocycles. The van der Waals surface area contributed by atoms with Gasteiger partial charge in [0.15, 0.2) is 17.7 Å². The third kappa shape index (κ3) is 2.68. The van der Waals surface area contributed by atoms with Gasteiger partial charge in [-0.25, -0.2) is 9.97 Å². The molecule has 2 aliphatic heterocycles. The van der Waals surface area contributed by atoms with Crippen LogP contribution in [0.4, 0.5) is 11.6 Å². The Morgan fingerprint density at radius 2 is 1.70 bits per heavy atom. The van der Waals surface area contributed by atoms with Crippen LogP contribution in [0.5, 0.6) is 5.75 Å². The van der Waals surface area contributed by atoms with Gasteiger partial charge in [0.2, 0.25) is 0 Å². The third-order valence-corrected chi connectivity index (χ3v) is 5.22. The molecule has 6 nitrogen and oxygen atoms in total. The highest BCUT2D eigenvalue weighted by atomic mass is 16.5. The molecule has 1 unspecified atom stereocenters. The Balaban J connectivity index is 1.54. The first kappa shape index (κ1) is 16.1. The zero-order valence-corrected chi connectivity index (χ0v) is 15.1. The van der Waals surface area contributed by atoms with Crippen molar-refractivity contribution in [2.75, 3.05) is 29.9 Å². The standard InChI is InChI=1S/C21H20N4O2/c1-24-11-6-12-25(20-19(24)22-15-8-3-4-9-16(15)23-20)21(26)18-13-14-7-2-5-10-17(14)27-18/h2-5,7-10,18H,6,11-13H2,1H3. The third-order valence-electron chi connectivity index (χ3n) is 5.22. The predicted molar refractivity (Wildman–Crippen MR) is 104 cm³/mol. The van der Waals surface area contributed by atoms with Gasteiger partial charge in [-0.1, -0.05) is 30.3 Å². The molecule has 1 amide bonds. The number of benzene rings is 2. The molecule has 6 heteroatoms. The predicted octanol–water partition coefficient (Wildman–Crippen LogP) is 2.81. The molecule has 2 aromatic carbocycles. The van der Waals surface area contributed by atoms with Gasteiger partial charge in [0.05, 0.1) is 11.0 Å². The first-order valence-corrected chi connectivity index (χ1v) is 9.24. The summed E-state index contributed by atoms with van der Waals surface area (Å²) >= 11 is 0. The van der Waals surface area contributed by atoms with E-state index in [1.165, 1.54) is 0 Å². The molecule has 136 valence electrons. The van der Waals surface area contributed by atoms with Gasteiger partial charge in [0.1, 0.15) is 5.75 Å². The lowest BCUT2D eigenvalue weighted by atomic mass is 10.1. The van der Waals surface area contributed by atoms with E-state index in [2.05, 4.69) is 4.90 Å². The van der Waals surface area contributed by atoms with E-state index in [0.29, 0.717) is 18.8 Å². The summed E-state index contributed by atoms with van der Waals surface area (Å²) in [5, 5.41) is 0. The molecule has 0 aliphatic carbocycles. The number of fused-ring (bicyclic) bond motifs is 3. The van der Waals surface area contributed by atoms with Crippen LogP contribution >= 0.6 is 0 Å². The smallest absolute Gasteiger partial charge is 0.269 e. The molecule has 27 heavy (non-hydrogen) atoms. The zero-order valence-electron chi connectivity index (χ0n) is 15.1. The van der Waals surface area contributed by atoms with E-state index >= 15 is 0 Å². The fourth-order valence-corrected chi connectivity index (χ4v) is 3.80. The quantitative estimate of drug-likeness (QED) is 0.668. The number of carbonyl (C=O) groups excluding carboxylic acids is 1. The molecule has 0 saturated heterocycles. The Kier molecular flexibility index (Phi) is 3.70. The highest BCUT2D eigenvalue weighted by Gasteiger charge is 2.36. The molecule has 0 radical (unpaired) electrons. The molecule has 0 bridgehead atoms. The Hall–Kier alpha value is -3.15. The molecule has 0 N–H and O–H groups in total. The first-order chi connectivity index (χ1) is 13.2. The van der Waals surface area contributed by atoms with Crippen LogP contribution in [0, 0.1) is 0 Å². The Labute approximate surface area is 157 Å². The number of para-hydroxylation sites is 3. The first-order valence-electron chi connectivity index (χ1n) is 9.24. The van der Waals surface area contributed by atoms with E-state index in [4.69, 9.17) is 14.7 Å². The number of aromatic nitrogens is 2. The van der Waals surface area contributed by atoms with Crippen molar-refractivity contribution in [3.63, 3.8) is 0 Å². The van der Waals surface area contributed by atoms with Crippen LogP contribution in [-0.2, 0) is 11.2 Å². The number of rotatable bonds is 1. The molecule has 5 rings (SSSR count). The summed E-state index contributed by atoms with van der Waals surface area (Å²) in [6, 6.07) is 15.6. The maximum Gasteiger partial charge on any atom is 0.269 e. The summed E-state index contributed by atoms with van der Waals surface area (Å²) in [7, 11) is 2.00. The van der Waals surface area contributed by atoms with E-state index in [0.717, 1.165) is 41.1 Å². The Morgan fingerprint density at radius 1 is 1.00 bits per heavy atom. The molecular weight excluding hydrogens is 340 g/mol. The van der Waals surface area contributed by atoms with Crippen molar-refractivity contribution in [2.45, 2.75) is 18.9 Å². The maximum absolute atomic E-state index is 13.3. The summed E-state index contributed by atoms with van der Waals surface area (Å²) < 4.78 is 5.94. The molecule has 1 aromatic heterocycles. The largest absolute Gasteiger partial charge is 0.480 e. The fourth-order valence-electron chi connectivity index (χ4n) is 3.80. The number of nitrogens with zero attached hydrogens (tertiary/aromatic N) is 4. The van der Waals surface area contributed by atoms with Gasteiger partial charge in [0, 0.05) is 26.6 Å². The van der Waals surface area contributed by atoms with E-state index in [9.17, 15) is 4.79 Å². The summed E-state index contributed by atoms with van der Waals surface area (Å²) in [6.45, 7) is 1.44. The van der Waals surface area contributed by atoms with Crippen molar-refractivity contribution in [3.8, 4) is 5.75 Å². The minimum absolute atomic E-state index is 0.0488. The lowest BCUT2D eigenvalue weighted by Crippen LogP contribution is -2.42. The van der Waals surface area contributed by atoms with E-state index in [-0.39, 0.29) is 5.91 Å². The molecule has 0 fully saturated rings. The molecule has 0 spiro atoms. The van der Waals surface area contributed by atoms with Gasteiger partial charge in [-0.3, -0.25) is 9.69 Å². The minimum atomic E-state index is -0.507. The van der Waals surface area contributed by atoms with Gasteiger partial charge < -0.3 is 9.64 Å². The van der Waals surface area contributed by atoms with Gasteiger partial charge in [-0.2, -0.15) is 0 Å². The highest BCUT2D eigenvalue weighted by molar-refractivity contribution is 6.00. The van der Waals surface area contributed by atoms with E-state index in [1.54, 1.807) is 4.90 Å². The summed E-state index contributed by atoms with van der Waals surface area (Å²) in [4.78, 5) is 26.8. The van der Waals surface area contributed by atoms with Crippen molar-refractivity contribution in [1.82, 2.24) is 9.97 Å². The van der Waals surface area contributed by atoms with Crippen molar-refractivity contribution in [1.29, 1.82) is 0 Å². The maximum atomic E-state index is 13.3. The average molecular weight is 360 g/mol. The number of carbonyl (C=O) groups is 1. The van der Waals surface area contributed by atoms with Crippen molar-refractivity contribution in [3.05, 3.63) is 54.1 Å². The lowest BCUT2D eigenvalue weighted by Gasteiger charge is -2.25. The SMILES string of the molecule is CN1CCCN(C(=O)C2Cc3ccccc3O2)c2nc3ccccc3nc21. The topological polar surface area (TPSA) is 58.6 Å². The van der Waals surface area contributed by atoms with Crippen molar-refractivity contribution >= 4 is 28.6 Å². The second kappa shape index (κ2) is 6.23. The van der Waals surface area contributed by atoms with E-state index in [1.807, 2.05) is 55.6 Å². The summed E-state index contributed by atoms with van der Waals surface area (Å²) in [6.07, 6.45) is 0.945. The van der Waals surface area contributed by atoms with Crippen LogP contribution in [-0.4, -0.2) is 42.1 Å². The second-order valence-electron chi connectivity index (χ2n) is 7.04. The zero-order chi connectivity index (χ0) is 18.4. The van der Waals surface area contributed by atoms with Crippen LogP contribution in [0.3, 0.4) is 0 Å². The monoisotopic (exact) mass is 360 g/mol. The second-order valence-corrected chi connectivity index (χ2v) is 7.04. The van der Waals surface area contributed by atoms with Crippen molar-refractivity contribution < 1.29 is 9.53 Å². The van der Waals surface area contributed by atoms with Crippen LogP contribution in [0.1, 0.15) is 12.0 Å². The van der Waals surface area contributed by atoms with Crippen LogP contribution in [0.15, 0.2) is 48.5 Å². The Bertz CT molecular complexity index is 1010. The number of hydrogen-bond donors (Lipinski definition) is 0. The lowest BCUT2D eigenvalue weighted by molar-refractivity contribution is -0.124. The summed E-state index contributed by atoms with van der Waals surface area (Å²) in [5.74, 6) is 2.12. The van der Waals surface area contributed by atoms with Crippen LogP contribution in [0.2, 0.25) is 0 Å². The molecule has 3 aromatic rings. The number of anilines is 2. The Morgan fingerprint density at radius 3 is 2.48 bits per heavy atom. The number of hydrogen-bond acceptors (Lipinski definition) is 5. The van der Waals surface area contributed by atoms with E-state index < -0.39 is 6.10 Å². The molecule has 2 aliphatic rings. The molecular formula is C21H20N4O2. The van der Waals surface area contributed by atoms with Gasteiger partial charge in [0.25, 0.3) is 5.91 Å². The average Bonchev–Trinajstić information content (AvgIpc) is 3.07. The van der Waals surface area contributed by atoms with Gasteiger partial charge in [-0.15, -0.1) is 0 Å². The number of amides is 1. The van der Waals surface area contributed by atoms with Crippen LogP contribution in [0.25, 0.3) is 11.0 Å². The molecule has 1 atom stereocenters. The summed E-state index contributed by atoms with van der Waals surface area (Å²) in [5.41, 5.74) is 2.70. The normalized spacial score (nSPS) is 18.6. The number of ether oxygens (including phenoxy) is 1. The highest BCUT2D eigenvalue weighted by Crippen LogP contribution is 2.33. The van der Waals surface area contributed by atoms with Gasteiger partial charge >= 0.3 is 0 Å².